The summed E-state index contributed by atoms with van der Waals surface area (Å²) >= 11 is 0. The highest BCUT2D eigenvalue weighted by Gasteiger charge is 2.45. The predicted octanol–water partition coefficient (Wildman–Crippen LogP) is 1.85. The van der Waals surface area contributed by atoms with E-state index in [0.29, 0.717) is 26.3 Å². The fourth-order valence-electron chi connectivity index (χ4n) is 3.43. The third kappa shape index (κ3) is 2.74. The van der Waals surface area contributed by atoms with Crippen molar-refractivity contribution in [1.29, 1.82) is 0 Å². The highest BCUT2D eigenvalue weighted by atomic mass is 16.5. The van der Waals surface area contributed by atoms with Gasteiger partial charge in [0, 0.05) is 24.8 Å². The van der Waals surface area contributed by atoms with E-state index in [1.165, 1.54) is 5.56 Å². The van der Waals surface area contributed by atoms with E-state index in [9.17, 15) is 9.59 Å². The van der Waals surface area contributed by atoms with Crippen molar-refractivity contribution in [2.24, 2.45) is 5.41 Å². The summed E-state index contributed by atoms with van der Waals surface area (Å²) in [4.78, 5) is 29.6. The van der Waals surface area contributed by atoms with Crippen molar-refractivity contribution < 1.29 is 14.3 Å². The molecule has 3 rings (SSSR count). The first kappa shape index (κ1) is 16.0. The highest BCUT2D eigenvalue weighted by Crippen LogP contribution is 2.36. The van der Waals surface area contributed by atoms with Crippen LogP contribution in [0.15, 0.2) is 24.3 Å². The lowest BCUT2D eigenvalue weighted by Gasteiger charge is -2.36. The van der Waals surface area contributed by atoms with Crippen molar-refractivity contribution in [3.63, 3.8) is 0 Å². The van der Waals surface area contributed by atoms with Gasteiger partial charge in [-0.2, -0.15) is 0 Å². The minimum atomic E-state index is -1.07. The third-order valence-electron chi connectivity index (χ3n) is 4.79. The Hall–Kier alpha value is -1.88. The van der Waals surface area contributed by atoms with Gasteiger partial charge in [-0.15, -0.1) is 0 Å². The second kappa shape index (κ2) is 5.96. The van der Waals surface area contributed by atoms with Crippen molar-refractivity contribution >= 4 is 17.5 Å². The molecule has 2 heterocycles. The highest BCUT2D eigenvalue weighted by molar-refractivity contribution is 6.12. The van der Waals surface area contributed by atoms with Gasteiger partial charge >= 0.3 is 0 Å². The lowest BCUT2D eigenvalue weighted by Crippen LogP contribution is -2.54. The minimum absolute atomic E-state index is 0.0802. The molecule has 5 heteroatoms. The lowest BCUT2D eigenvalue weighted by atomic mass is 9.89. The van der Waals surface area contributed by atoms with Gasteiger partial charge < -0.3 is 14.5 Å². The first-order chi connectivity index (χ1) is 10.9. The zero-order valence-corrected chi connectivity index (χ0v) is 14.0. The van der Waals surface area contributed by atoms with Crippen LogP contribution >= 0.6 is 0 Å². The van der Waals surface area contributed by atoms with E-state index >= 15 is 0 Å². The molecule has 124 valence electrons. The molecule has 1 aromatic rings. The number of rotatable bonds is 2. The summed E-state index contributed by atoms with van der Waals surface area (Å²) in [5, 5.41) is 0. The number of nitrogens with zero attached hydrogens (tertiary/aromatic N) is 2. The van der Waals surface area contributed by atoms with E-state index in [2.05, 4.69) is 6.07 Å². The van der Waals surface area contributed by atoms with Gasteiger partial charge in [-0.25, -0.2) is 0 Å². The molecule has 1 atom stereocenters. The molecule has 0 aliphatic carbocycles. The molecule has 0 saturated carbocycles. The number of fused-ring (bicyclic) bond motifs is 1. The van der Waals surface area contributed by atoms with Gasteiger partial charge in [0.15, 0.2) is 0 Å². The summed E-state index contributed by atoms with van der Waals surface area (Å²) in [6.07, 6.45) is 0.837. The van der Waals surface area contributed by atoms with Crippen molar-refractivity contribution in [2.45, 2.75) is 33.2 Å². The van der Waals surface area contributed by atoms with Gasteiger partial charge in [-0.1, -0.05) is 18.2 Å². The standard InChI is InChI=1S/C18H24N2O3/c1-13-12-14-6-4-5-7-15(14)20(13)17(22)18(2,3)16(21)19-8-10-23-11-9-19/h4-7,13H,8-12H2,1-3H3. The average molecular weight is 316 g/mol. The van der Waals surface area contributed by atoms with Crippen LogP contribution in [0.2, 0.25) is 0 Å². The molecule has 2 aliphatic rings. The maximum Gasteiger partial charge on any atom is 0.242 e. The number of hydrogen-bond donors (Lipinski definition) is 0. The number of hydrogen-bond acceptors (Lipinski definition) is 3. The van der Waals surface area contributed by atoms with Crippen molar-refractivity contribution in [3.8, 4) is 0 Å². The van der Waals surface area contributed by atoms with Crippen molar-refractivity contribution in [3.05, 3.63) is 29.8 Å². The predicted molar refractivity (Wildman–Crippen MR) is 88.3 cm³/mol. The van der Waals surface area contributed by atoms with Crippen LogP contribution in [0, 0.1) is 5.41 Å². The summed E-state index contributed by atoms with van der Waals surface area (Å²) in [6, 6.07) is 8.02. The van der Waals surface area contributed by atoms with E-state index in [1.54, 1.807) is 23.6 Å². The van der Waals surface area contributed by atoms with Crippen LogP contribution in [0.3, 0.4) is 0 Å². The van der Waals surface area contributed by atoms with Gasteiger partial charge in [0.1, 0.15) is 5.41 Å². The van der Waals surface area contributed by atoms with Gasteiger partial charge in [0.05, 0.1) is 13.2 Å². The molecule has 0 N–H and O–H groups in total. The molecule has 0 aromatic heterocycles. The van der Waals surface area contributed by atoms with Crippen LogP contribution in [0.25, 0.3) is 0 Å². The summed E-state index contributed by atoms with van der Waals surface area (Å²) in [7, 11) is 0. The van der Waals surface area contributed by atoms with Gasteiger partial charge in [0.2, 0.25) is 11.8 Å². The Morgan fingerprint density at radius 2 is 1.78 bits per heavy atom. The fourth-order valence-corrected chi connectivity index (χ4v) is 3.43. The number of amides is 2. The number of para-hydroxylation sites is 1. The molecule has 2 amide bonds. The van der Waals surface area contributed by atoms with E-state index in [0.717, 1.165) is 12.1 Å². The fraction of sp³-hybridized carbons (Fsp3) is 0.556. The molecule has 1 aromatic carbocycles. The molecule has 0 bridgehead atoms. The lowest BCUT2D eigenvalue weighted by molar-refractivity contribution is -0.150. The summed E-state index contributed by atoms with van der Waals surface area (Å²) in [5.74, 6) is -0.228. The SMILES string of the molecule is CC1Cc2ccccc2N1C(=O)C(C)(C)C(=O)N1CCOCC1. The van der Waals surface area contributed by atoms with Crippen LogP contribution in [-0.2, 0) is 20.7 Å². The summed E-state index contributed by atoms with van der Waals surface area (Å²) in [6.45, 7) is 7.70. The van der Waals surface area contributed by atoms with E-state index < -0.39 is 5.41 Å². The van der Waals surface area contributed by atoms with Crippen LogP contribution < -0.4 is 4.90 Å². The Morgan fingerprint density at radius 1 is 1.13 bits per heavy atom. The zero-order chi connectivity index (χ0) is 16.6. The molecule has 0 radical (unpaired) electrons. The second-order valence-electron chi connectivity index (χ2n) is 6.89. The quantitative estimate of drug-likeness (QED) is 0.783. The molecule has 2 aliphatic heterocycles. The van der Waals surface area contributed by atoms with E-state index in [1.807, 2.05) is 25.1 Å². The van der Waals surface area contributed by atoms with Gasteiger partial charge in [-0.3, -0.25) is 9.59 Å². The van der Waals surface area contributed by atoms with Crippen molar-refractivity contribution in [1.82, 2.24) is 4.90 Å². The molecule has 1 unspecified atom stereocenters. The topological polar surface area (TPSA) is 49.9 Å². The number of benzene rings is 1. The Bertz CT molecular complexity index is 620. The maximum absolute atomic E-state index is 13.2. The van der Waals surface area contributed by atoms with Gasteiger partial charge in [-0.05, 0) is 38.8 Å². The number of carbonyl (C=O) groups excluding carboxylic acids is 2. The number of ether oxygens (including phenoxy) is 1. The molecule has 0 spiro atoms. The summed E-state index contributed by atoms with van der Waals surface area (Å²) in [5.41, 5.74) is 1.04. The Balaban J connectivity index is 1.85. The monoisotopic (exact) mass is 316 g/mol. The number of morpholine rings is 1. The van der Waals surface area contributed by atoms with Crippen LogP contribution in [0.4, 0.5) is 5.69 Å². The zero-order valence-electron chi connectivity index (χ0n) is 14.0. The first-order valence-corrected chi connectivity index (χ1v) is 8.21. The van der Waals surface area contributed by atoms with Crippen LogP contribution in [0.5, 0.6) is 0 Å². The maximum atomic E-state index is 13.2. The second-order valence-corrected chi connectivity index (χ2v) is 6.89. The smallest absolute Gasteiger partial charge is 0.242 e. The van der Waals surface area contributed by atoms with E-state index in [-0.39, 0.29) is 17.9 Å². The summed E-state index contributed by atoms with van der Waals surface area (Å²) < 4.78 is 5.30. The van der Waals surface area contributed by atoms with E-state index in [4.69, 9.17) is 4.74 Å². The molecule has 1 fully saturated rings. The number of anilines is 1. The molecule has 23 heavy (non-hydrogen) atoms. The Labute approximate surface area is 137 Å². The normalized spacial score (nSPS) is 21.3. The third-order valence-corrected chi connectivity index (χ3v) is 4.79. The van der Waals surface area contributed by atoms with Gasteiger partial charge in [0.25, 0.3) is 0 Å². The molecule has 1 saturated heterocycles. The average Bonchev–Trinajstić information content (AvgIpc) is 2.89. The molecular weight excluding hydrogens is 292 g/mol. The largest absolute Gasteiger partial charge is 0.378 e. The van der Waals surface area contributed by atoms with Crippen LogP contribution in [-0.4, -0.2) is 49.1 Å². The van der Waals surface area contributed by atoms with Crippen molar-refractivity contribution in [2.75, 3.05) is 31.2 Å². The minimum Gasteiger partial charge on any atom is -0.378 e. The molecule has 5 nitrogen and oxygen atoms in total. The first-order valence-electron chi connectivity index (χ1n) is 8.21. The molecular formula is C18H24N2O3. The van der Waals surface area contributed by atoms with Crippen LogP contribution in [0.1, 0.15) is 26.3 Å². The Morgan fingerprint density at radius 3 is 2.48 bits per heavy atom. The Kier molecular flexibility index (Phi) is 4.15. The number of carbonyl (C=O) groups is 2.